The van der Waals surface area contributed by atoms with Gasteiger partial charge in [-0.2, -0.15) is 0 Å². The van der Waals surface area contributed by atoms with Crippen molar-refractivity contribution in [1.29, 1.82) is 0 Å². The summed E-state index contributed by atoms with van der Waals surface area (Å²) in [5.74, 6) is -5.20. The molecule has 0 spiro atoms. The van der Waals surface area contributed by atoms with E-state index in [2.05, 4.69) is 17.6 Å². The molecule has 0 aliphatic carbocycles. The van der Waals surface area contributed by atoms with Gasteiger partial charge in [0.2, 0.25) is 17.5 Å². The van der Waals surface area contributed by atoms with Crippen molar-refractivity contribution in [2.75, 3.05) is 0 Å². The highest BCUT2D eigenvalue weighted by Crippen LogP contribution is 2.28. The number of thiol groups is 1. The molecule has 0 aliphatic rings. The first-order chi connectivity index (χ1) is 9.21. The fraction of sp³-hybridized carbons (Fsp3) is 0.308. The van der Waals surface area contributed by atoms with E-state index in [-0.39, 0.29) is 16.7 Å². The lowest BCUT2D eigenvalue weighted by Crippen LogP contribution is -2.53. The molecule has 0 bridgehead atoms. The van der Waals surface area contributed by atoms with Crippen LogP contribution in [0.5, 0.6) is 0 Å². The lowest BCUT2D eigenvalue weighted by molar-refractivity contribution is -0.347. The zero-order valence-corrected chi connectivity index (χ0v) is 11.6. The summed E-state index contributed by atoms with van der Waals surface area (Å²) >= 11 is 4.06. The molecule has 0 radical (unpaired) electrons. The minimum atomic E-state index is -2.77. The zero-order valence-electron chi connectivity index (χ0n) is 10.7. The molecule has 1 aromatic heterocycles. The Kier molecular flexibility index (Phi) is 3.90. The minimum Gasteiger partial charge on any atom is -0.430 e. The topological polar surface area (TPSA) is 107 Å². The highest BCUT2D eigenvalue weighted by molar-refractivity contribution is 7.80. The summed E-state index contributed by atoms with van der Waals surface area (Å²) in [6, 6.07) is 8.99. The van der Waals surface area contributed by atoms with E-state index in [1.165, 1.54) is 0 Å². The highest BCUT2D eigenvalue weighted by Gasteiger charge is 2.44. The maximum absolute atomic E-state index is 9.65. The number of hydrogen-bond acceptors (Lipinski definition) is 7. The number of aromatic nitrogens is 1. The Morgan fingerprint density at radius 1 is 1.15 bits per heavy atom. The summed E-state index contributed by atoms with van der Waals surface area (Å²) in [5.41, 5.74) is 0.817. The third kappa shape index (κ3) is 3.02. The smallest absolute Gasteiger partial charge is 0.227 e. The molecule has 20 heavy (non-hydrogen) atoms. The van der Waals surface area contributed by atoms with Crippen molar-refractivity contribution in [3.05, 3.63) is 36.0 Å². The summed E-state index contributed by atoms with van der Waals surface area (Å²) in [4.78, 5) is 4.09. The van der Waals surface area contributed by atoms with Gasteiger partial charge in [0.15, 0.2) is 5.09 Å². The Morgan fingerprint density at radius 2 is 1.75 bits per heavy atom. The second-order valence-corrected chi connectivity index (χ2v) is 5.06. The molecule has 108 valence electrons. The van der Waals surface area contributed by atoms with Crippen LogP contribution in [0, 0.1) is 0 Å². The molecule has 0 saturated carbocycles. The van der Waals surface area contributed by atoms with Crippen LogP contribution in [0.3, 0.4) is 0 Å². The zero-order chi connectivity index (χ0) is 15.0. The van der Waals surface area contributed by atoms with E-state index in [0.717, 1.165) is 6.92 Å². The predicted molar refractivity (Wildman–Crippen MR) is 72.9 cm³/mol. The van der Waals surface area contributed by atoms with E-state index >= 15 is 0 Å². The fourth-order valence-electron chi connectivity index (χ4n) is 1.56. The summed E-state index contributed by atoms with van der Waals surface area (Å²) in [6.07, 6.45) is -0.536. The van der Waals surface area contributed by atoms with E-state index in [9.17, 15) is 20.4 Å². The number of benzene rings is 1. The molecule has 2 aromatic rings. The summed E-state index contributed by atoms with van der Waals surface area (Å²) < 4.78 is 5.33. The standard InChI is InChI=1S/C13H15NO5S/c1-12(15,16)13(17,18)7-9-11(20)19-10(14-9)8-5-3-2-4-6-8/h2-6,15-18,20H,7H2,1H3. The molecular formula is C13H15NO5S. The van der Waals surface area contributed by atoms with Crippen molar-refractivity contribution in [2.24, 2.45) is 0 Å². The third-order valence-corrected chi connectivity index (χ3v) is 3.22. The van der Waals surface area contributed by atoms with E-state index in [1.807, 2.05) is 6.07 Å². The molecule has 0 amide bonds. The Bertz CT molecular complexity index is 589. The van der Waals surface area contributed by atoms with Crippen LogP contribution in [-0.4, -0.2) is 37.0 Å². The molecule has 2 rings (SSSR count). The molecular weight excluding hydrogens is 282 g/mol. The second kappa shape index (κ2) is 5.19. The van der Waals surface area contributed by atoms with Crippen LogP contribution in [0.15, 0.2) is 39.8 Å². The predicted octanol–water partition coefficient (Wildman–Crippen LogP) is 0.555. The quantitative estimate of drug-likeness (QED) is 0.417. The van der Waals surface area contributed by atoms with Crippen molar-refractivity contribution in [3.8, 4) is 11.5 Å². The van der Waals surface area contributed by atoms with Crippen LogP contribution in [0.2, 0.25) is 0 Å². The number of hydrogen-bond donors (Lipinski definition) is 5. The van der Waals surface area contributed by atoms with E-state index in [0.29, 0.717) is 5.56 Å². The third-order valence-electron chi connectivity index (χ3n) is 2.87. The molecule has 1 aromatic carbocycles. The maximum atomic E-state index is 9.65. The van der Waals surface area contributed by atoms with Gasteiger partial charge >= 0.3 is 0 Å². The van der Waals surface area contributed by atoms with Crippen molar-refractivity contribution in [3.63, 3.8) is 0 Å². The Hall–Kier alpha value is -1.38. The number of nitrogens with zero attached hydrogens (tertiary/aromatic N) is 1. The van der Waals surface area contributed by atoms with Crippen LogP contribution in [0.25, 0.3) is 11.5 Å². The molecule has 0 fully saturated rings. The van der Waals surface area contributed by atoms with Crippen LogP contribution < -0.4 is 0 Å². The lowest BCUT2D eigenvalue weighted by Gasteiger charge is -2.31. The first-order valence-electron chi connectivity index (χ1n) is 5.84. The van der Waals surface area contributed by atoms with E-state index in [4.69, 9.17) is 4.42 Å². The van der Waals surface area contributed by atoms with Crippen LogP contribution in [0.1, 0.15) is 12.6 Å². The summed E-state index contributed by atoms with van der Waals surface area (Å²) in [5, 5.41) is 38.0. The average Bonchev–Trinajstić information content (AvgIpc) is 2.70. The van der Waals surface area contributed by atoms with Gasteiger partial charge in [-0.1, -0.05) is 18.2 Å². The largest absolute Gasteiger partial charge is 0.430 e. The lowest BCUT2D eigenvalue weighted by atomic mass is 10.0. The van der Waals surface area contributed by atoms with Gasteiger partial charge in [0.05, 0.1) is 12.1 Å². The van der Waals surface area contributed by atoms with Gasteiger partial charge in [0.25, 0.3) is 0 Å². The van der Waals surface area contributed by atoms with Gasteiger partial charge in [0.1, 0.15) is 0 Å². The molecule has 0 saturated heterocycles. The molecule has 6 nitrogen and oxygen atoms in total. The van der Waals surface area contributed by atoms with E-state index in [1.54, 1.807) is 24.3 Å². The first-order valence-corrected chi connectivity index (χ1v) is 6.29. The molecule has 0 unspecified atom stereocenters. The van der Waals surface area contributed by atoms with Gasteiger partial charge in [-0.3, -0.25) is 0 Å². The second-order valence-electron chi connectivity index (χ2n) is 4.65. The van der Waals surface area contributed by atoms with Crippen LogP contribution in [0.4, 0.5) is 0 Å². The maximum Gasteiger partial charge on any atom is 0.227 e. The van der Waals surface area contributed by atoms with Crippen molar-refractivity contribution >= 4 is 12.6 Å². The fourth-order valence-corrected chi connectivity index (χ4v) is 1.78. The van der Waals surface area contributed by atoms with Crippen LogP contribution in [-0.2, 0) is 6.42 Å². The molecule has 4 N–H and O–H groups in total. The SMILES string of the molecule is CC(O)(O)C(O)(O)Cc1nc(-c2ccccc2)oc1S. The Morgan fingerprint density at radius 3 is 2.30 bits per heavy atom. The molecule has 7 heteroatoms. The van der Waals surface area contributed by atoms with Gasteiger partial charge in [-0.25, -0.2) is 4.98 Å². The normalized spacial score (nSPS) is 12.7. The average molecular weight is 297 g/mol. The Balaban J connectivity index is 2.30. The Labute approximate surface area is 120 Å². The van der Waals surface area contributed by atoms with Crippen molar-refractivity contribution < 1.29 is 24.8 Å². The highest BCUT2D eigenvalue weighted by atomic mass is 32.1. The molecule has 1 heterocycles. The van der Waals surface area contributed by atoms with Gasteiger partial charge in [0, 0.05) is 5.56 Å². The number of aliphatic hydroxyl groups is 4. The minimum absolute atomic E-state index is 0.0839. The summed E-state index contributed by atoms with van der Waals surface area (Å²) in [6.45, 7) is 0.864. The van der Waals surface area contributed by atoms with Gasteiger partial charge < -0.3 is 24.8 Å². The number of rotatable bonds is 4. The van der Waals surface area contributed by atoms with Crippen molar-refractivity contribution in [2.45, 2.75) is 30.0 Å². The van der Waals surface area contributed by atoms with Gasteiger partial charge in [-0.05, 0) is 19.1 Å². The van der Waals surface area contributed by atoms with Crippen molar-refractivity contribution in [1.82, 2.24) is 4.98 Å². The molecule has 0 aliphatic heterocycles. The van der Waals surface area contributed by atoms with Crippen LogP contribution >= 0.6 is 12.6 Å². The monoisotopic (exact) mass is 297 g/mol. The molecule has 0 atom stereocenters. The summed E-state index contributed by atoms with van der Waals surface area (Å²) in [7, 11) is 0. The first kappa shape index (κ1) is 15.0. The van der Waals surface area contributed by atoms with E-state index < -0.39 is 18.0 Å². The number of oxazole rings is 1. The van der Waals surface area contributed by atoms with Gasteiger partial charge in [-0.15, -0.1) is 12.6 Å².